The van der Waals surface area contributed by atoms with Crippen LogP contribution in [0.4, 0.5) is 0 Å². The number of fused-ring (bicyclic) bond motifs is 1. The molecule has 0 fully saturated rings. The second-order valence-corrected chi connectivity index (χ2v) is 13.9. The van der Waals surface area contributed by atoms with Gasteiger partial charge in [0.2, 0.25) is 0 Å². The van der Waals surface area contributed by atoms with Gasteiger partial charge in [-0.3, -0.25) is 0 Å². The molecule has 0 saturated heterocycles. The summed E-state index contributed by atoms with van der Waals surface area (Å²) in [7, 11) is 0. The van der Waals surface area contributed by atoms with Crippen molar-refractivity contribution < 1.29 is 0 Å². The Morgan fingerprint density at radius 1 is 0.190 bits per heavy atom. The van der Waals surface area contributed by atoms with Crippen molar-refractivity contribution in [2.75, 3.05) is 0 Å². The second-order valence-electron chi connectivity index (χ2n) is 13.9. The third-order valence-corrected chi connectivity index (χ3v) is 10.2. The van der Waals surface area contributed by atoms with Crippen molar-refractivity contribution in [2.24, 2.45) is 0 Å². The molecule has 0 atom stereocenters. The summed E-state index contributed by atoms with van der Waals surface area (Å²) in [5, 5.41) is 2.33. The van der Waals surface area contributed by atoms with Crippen LogP contribution < -0.4 is 0 Å². The lowest BCUT2D eigenvalue weighted by atomic mass is 9.89. The summed E-state index contributed by atoms with van der Waals surface area (Å²) in [6, 6.07) is 70.2. The maximum absolute atomic E-state index is 5.12. The Bertz CT molecular complexity index is 2930. The highest BCUT2D eigenvalue weighted by Crippen LogP contribution is 2.41. The normalized spacial score (nSPS) is 11.1. The predicted molar refractivity (Wildman–Crippen MR) is 234 cm³/mol. The van der Waals surface area contributed by atoms with Gasteiger partial charge in [0, 0.05) is 33.4 Å². The zero-order valence-electron chi connectivity index (χ0n) is 31.3. The van der Waals surface area contributed by atoms with Gasteiger partial charge in [-0.2, -0.15) is 0 Å². The number of hydrogen-bond donors (Lipinski definition) is 0. The highest BCUT2D eigenvalue weighted by Gasteiger charge is 2.20. The quantitative estimate of drug-likeness (QED) is 0.154. The lowest BCUT2D eigenvalue weighted by Crippen LogP contribution is -2.02. The monoisotopic (exact) mass is 742 g/mol. The molecule has 0 unspecified atom stereocenters. The fraction of sp³-hybridized carbons (Fsp3) is 0. The van der Waals surface area contributed by atoms with E-state index in [9.17, 15) is 0 Å². The van der Waals surface area contributed by atoms with Crippen molar-refractivity contribution in [2.45, 2.75) is 0 Å². The fourth-order valence-electron chi connectivity index (χ4n) is 7.29. The van der Waals surface area contributed by atoms with E-state index >= 15 is 0 Å². The Labute approximate surface area is 336 Å². The van der Waals surface area contributed by atoms with Gasteiger partial charge in [-0.15, -0.1) is 0 Å². The van der Waals surface area contributed by atoms with Crippen LogP contribution in [0, 0.1) is 0 Å². The summed E-state index contributed by atoms with van der Waals surface area (Å²) in [4.78, 5) is 30.3. The molecule has 0 aliphatic rings. The Kier molecular flexibility index (Phi) is 9.10. The van der Waals surface area contributed by atoms with Gasteiger partial charge in [0.1, 0.15) is 0 Å². The SMILES string of the molecule is c1ccc(-c2nc(-c3ccccc3)nc(-c3ccc(-c4ccccc4-c4nc(-c5ccccc5)nc(-c5ccccc5)n4)c(-c4ccc5ccccc5c4)c3)n2)cc1. The Balaban J connectivity index is 1.19. The standard InChI is InChI=1S/C52H34N6/c1-5-18-36(19-6-1)47-53-48(37-20-7-2-8-21-37)56-51(55-47)42-31-32-44(46(34-42)41-30-29-35-17-13-14-26-40(35)33-41)43-27-15-16-28-45(43)52-57-49(38-22-9-3-10-23-38)54-50(58-52)39-24-11-4-12-25-39/h1-34H. The van der Waals surface area contributed by atoms with Crippen LogP contribution in [0.15, 0.2) is 206 Å². The first kappa shape index (κ1) is 34.5. The maximum atomic E-state index is 5.12. The van der Waals surface area contributed by atoms with E-state index in [2.05, 4.69) is 78.9 Å². The third kappa shape index (κ3) is 6.91. The number of aromatic nitrogens is 6. The summed E-state index contributed by atoms with van der Waals surface area (Å²) < 4.78 is 0. The van der Waals surface area contributed by atoms with E-state index in [4.69, 9.17) is 29.9 Å². The smallest absolute Gasteiger partial charge is 0.164 e. The van der Waals surface area contributed by atoms with Gasteiger partial charge in [-0.05, 0) is 45.2 Å². The zero-order chi connectivity index (χ0) is 38.7. The molecule has 0 saturated carbocycles. The molecule has 10 aromatic rings. The van der Waals surface area contributed by atoms with Crippen LogP contribution >= 0.6 is 0 Å². The number of rotatable bonds is 8. The fourth-order valence-corrected chi connectivity index (χ4v) is 7.29. The van der Waals surface area contributed by atoms with Crippen LogP contribution in [-0.4, -0.2) is 29.9 Å². The third-order valence-electron chi connectivity index (χ3n) is 10.2. The van der Waals surface area contributed by atoms with Crippen molar-refractivity contribution in [1.29, 1.82) is 0 Å². The Morgan fingerprint density at radius 3 is 1.05 bits per heavy atom. The van der Waals surface area contributed by atoms with Gasteiger partial charge in [-0.1, -0.05) is 194 Å². The van der Waals surface area contributed by atoms with Gasteiger partial charge in [0.25, 0.3) is 0 Å². The first-order valence-corrected chi connectivity index (χ1v) is 19.2. The van der Waals surface area contributed by atoms with E-state index in [0.29, 0.717) is 34.9 Å². The van der Waals surface area contributed by atoms with Crippen LogP contribution in [0.1, 0.15) is 0 Å². The average molecular weight is 743 g/mol. The molecule has 2 aromatic heterocycles. The maximum Gasteiger partial charge on any atom is 0.164 e. The molecule has 0 bridgehead atoms. The summed E-state index contributed by atoms with van der Waals surface area (Å²) in [6.45, 7) is 0. The van der Waals surface area contributed by atoms with Crippen molar-refractivity contribution in [3.63, 3.8) is 0 Å². The molecule has 0 aliphatic carbocycles. The average Bonchev–Trinajstić information content (AvgIpc) is 3.32. The Morgan fingerprint density at radius 2 is 0.552 bits per heavy atom. The molecule has 6 nitrogen and oxygen atoms in total. The van der Waals surface area contributed by atoms with Crippen molar-refractivity contribution in [3.05, 3.63) is 206 Å². The summed E-state index contributed by atoms with van der Waals surface area (Å²) >= 11 is 0. The zero-order valence-corrected chi connectivity index (χ0v) is 31.3. The highest BCUT2D eigenvalue weighted by atomic mass is 15.0. The first-order chi connectivity index (χ1) is 28.7. The summed E-state index contributed by atoms with van der Waals surface area (Å²) in [5.74, 6) is 3.64. The molecule has 0 spiro atoms. The molecule has 10 rings (SSSR count). The molecule has 6 heteroatoms. The topological polar surface area (TPSA) is 77.3 Å². The van der Waals surface area contributed by atoms with Gasteiger partial charge in [0.05, 0.1) is 0 Å². The summed E-state index contributed by atoms with van der Waals surface area (Å²) in [5.41, 5.74) is 9.57. The van der Waals surface area contributed by atoms with Gasteiger partial charge in [-0.25, -0.2) is 29.9 Å². The van der Waals surface area contributed by atoms with Gasteiger partial charge in [0.15, 0.2) is 34.9 Å². The van der Waals surface area contributed by atoms with E-state index in [-0.39, 0.29) is 0 Å². The lowest BCUT2D eigenvalue weighted by molar-refractivity contribution is 1.07. The van der Waals surface area contributed by atoms with Gasteiger partial charge >= 0.3 is 0 Å². The van der Waals surface area contributed by atoms with Crippen molar-refractivity contribution in [1.82, 2.24) is 29.9 Å². The van der Waals surface area contributed by atoms with Crippen LogP contribution in [0.25, 0.3) is 101 Å². The molecule has 0 amide bonds. The summed E-state index contributed by atoms with van der Waals surface area (Å²) in [6.07, 6.45) is 0. The number of benzene rings is 8. The molecule has 58 heavy (non-hydrogen) atoms. The highest BCUT2D eigenvalue weighted by molar-refractivity contribution is 5.95. The lowest BCUT2D eigenvalue weighted by Gasteiger charge is -2.17. The van der Waals surface area contributed by atoms with E-state index in [1.54, 1.807) is 0 Å². The largest absolute Gasteiger partial charge is 0.208 e. The minimum atomic E-state index is 0.590. The molecule has 2 heterocycles. The second kappa shape index (κ2) is 15.3. The van der Waals surface area contributed by atoms with Crippen molar-refractivity contribution >= 4 is 10.8 Å². The molecular weight excluding hydrogens is 709 g/mol. The van der Waals surface area contributed by atoms with E-state index < -0.39 is 0 Å². The van der Waals surface area contributed by atoms with Crippen LogP contribution in [0.2, 0.25) is 0 Å². The first-order valence-electron chi connectivity index (χ1n) is 19.2. The van der Waals surface area contributed by atoms with Crippen molar-refractivity contribution in [3.8, 4) is 90.6 Å². The van der Waals surface area contributed by atoms with E-state index in [1.807, 2.05) is 127 Å². The van der Waals surface area contributed by atoms with E-state index in [1.165, 1.54) is 5.39 Å². The molecule has 0 radical (unpaired) electrons. The minimum Gasteiger partial charge on any atom is -0.208 e. The predicted octanol–water partition coefficient (Wildman–Crippen LogP) is 12.5. The minimum absolute atomic E-state index is 0.590. The molecular formula is C52H34N6. The number of nitrogens with zero attached hydrogens (tertiary/aromatic N) is 6. The molecule has 0 N–H and O–H groups in total. The molecule has 0 aliphatic heterocycles. The van der Waals surface area contributed by atoms with Crippen LogP contribution in [0.3, 0.4) is 0 Å². The van der Waals surface area contributed by atoms with Gasteiger partial charge < -0.3 is 0 Å². The van der Waals surface area contributed by atoms with Crippen LogP contribution in [0.5, 0.6) is 0 Å². The van der Waals surface area contributed by atoms with E-state index in [0.717, 1.165) is 61.0 Å². The molecule has 8 aromatic carbocycles. The number of hydrogen-bond acceptors (Lipinski definition) is 6. The Hall–Kier alpha value is -7.96. The molecule has 272 valence electrons. The van der Waals surface area contributed by atoms with Crippen LogP contribution in [-0.2, 0) is 0 Å².